The Morgan fingerprint density at radius 1 is 1.21 bits per heavy atom. The molecule has 1 aliphatic heterocycles. The van der Waals surface area contributed by atoms with Crippen LogP contribution < -0.4 is 10.5 Å². The monoisotopic (exact) mass is 395 g/mol. The molecule has 2 aromatic heterocycles. The highest BCUT2D eigenvalue weighted by molar-refractivity contribution is 5.79. The summed E-state index contributed by atoms with van der Waals surface area (Å²) >= 11 is 0. The lowest BCUT2D eigenvalue weighted by molar-refractivity contribution is -0.931. The number of quaternary nitrogens is 1. The Labute approximate surface area is 171 Å². The average Bonchev–Trinajstić information content (AvgIpc) is 3.20. The van der Waals surface area contributed by atoms with Crippen LogP contribution in [0.2, 0.25) is 0 Å². The number of tetrazole rings is 1. The van der Waals surface area contributed by atoms with E-state index in [0.717, 1.165) is 54.6 Å². The van der Waals surface area contributed by atoms with Crippen LogP contribution in [0.15, 0.2) is 29.1 Å². The van der Waals surface area contributed by atoms with Crippen LogP contribution in [-0.2, 0) is 5.54 Å². The molecular formula is C22H31N6O+. The molecule has 3 heterocycles. The lowest BCUT2D eigenvalue weighted by Gasteiger charge is -2.33. The first-order valence-electron chi connectivity index (χ1n) is 10.7. The van der Waals surface area contributed by atoms with Crippen LogP contribution in [0.1, 0.15) is 69.4 Å². The molecule has 7 heteroatoms. The van der Waals surface area contributed by atoms with Crippen LogP contribution >= 0.6 is 0 Å². The third-order valence-electron chi connectivity index (χ3n) is 6.43. The largest absolute Gasteiger partial charge is 0.322 e. The number of pyridine rings is 1. The number of nitrogens with zero attached hydrogens (tertiary/aromatic N) is 4. The van der Waals surface area contributed by atoms with E-state index < -0.39 is 0 Å². The summed E-state index contributed by atoms with van der Waals surface area (Å²) in [6, 6.07) is 7.99. The molecule has 3 aromatic rings. The van der Waals surface area contributed by atoms with Crippen molar-refractivity contribution in [2.24, 2.45) is 0 Å². The van der Waals surface area contributed by atoms with Crippen molar-refractivity contribution in [2.75, 3.05) is 13.1 Å². The van der Waals surface area contributed by atoms with E-state index in [1.807, 2.05) is 22.9 Å². The molecule has 1 aromatic carbocycles. The molecule has 0 unspecified atom stereocenters. The zero-order valence-corrected chi connectivity index (χ0v) is 17.8. The number of piperidine rings is 1. The maximum atomic E-state index is 13.2. The SMILES string of the molecule is CCC(C)(C)n1nnnc1[C@@H](c1cc2cc(C)ccc2[nH]c1=O)[NH+]1CCCCC1. The number of hydrogen-bond acceptors (Lipinski definition) is 4. The molecule has 0 bridgehead atoms. The third-order valence-corrected chi connectivity index (χ3v) is 6.43. The molecule has 154 valence electrons. The van der Waals surface area contributed by atoms with Gasteiger partial charge in [0.1, 0.15) is 0 Å². The number of likely N-dealkylation sites (tertiary alicyclic amines) is 1. The first-order chi connectivity index (χ1) is 13.9. The summed E-state index contributed by atoms with van der Waals surface area (Å²) in [6.07, 6.45) is 4.47. The topological polar surface area (TPSA) is 80.9 Å². The van der Waals surface area contributed by atoms with Gasteiger partial charge in [0.15, 0.2) is 6.04 Å². The molecule has 0 spiro atoms. The Morgan fingerprint density at radius 2 is 1.97 bits per heavy atom. The highest BCUT2D eigenvalue weighted by atomic mass is 16.1. The highest BCUT2D eigenvalue weighted by Crippen LogP contribution is 2.25. The summed E-state index contributed by atoms with van der Waals surface area (Å²) in [7, 11) is 0. The summed E-state index contributed by atoms with van der Waals surface area (Å²) in [6.45, 7) is 10.5. The van der Waals surface area contributed by atoms with Gasteiger partial charge in [0.05, 0.1) is 24.2 Å². The molecule has 1 aliphatic rings. The minimum absolute atomic E-state index is 0.0479. The minimum Gasteiger partial charge on any atom is -0.322 e. The second-order valence-corrected chi connectivity index (χ2v) is 8.91. The van der Waals surface area contributed by atoms with E-state index in [0.29, 0.717) is 0 Å². The number of aromatic amines is 1. The van der Waals surface area contributed by atoms with Gasteiger partial charge in [-0.25, -0.2) is 4.68 Å². The minimum atomic E-state index is -0.216. The van der Waals surface area contributed by atoms with E-state index in [4.69, 9.17) is 0 Å². The van der Waals surface area contributed by atoms with E-state index >= 15 is 0 Å². The quantitative estimate of drug-likeness (QED) is 0.693. The first kappa shape index (κ1) is 19.8. The number of nitrogens with one attached hydrogen (secondary N) is 2. The van der Waals surface area contributed by atoms with Crippen LogP contribution in [0, 0.1) is 6.92 Å². The summed E-state index contributed by atoms with van der Waals surface area (Å²) < 4.78 is 1.93. The van der Waals surface area contributed by atoms with Crippen molar-refractivity contribution in [3.63, 3.8) is 0 Å². The highest BCUT2D eigenvalue weighted by Gasteiger charge is 2.37. The standard InChI is InChI=1S/C22H30N6O/c1-5-22(3,4)28-20(24-25-26-28)19(27-11-7-6-8-12-27)17-14-16-13-15(2)9-10-18(16)23-21(17)29/h9-10,13-14,19H,5-8,11-12H2,1-4H3,(H,23,29)/p+1/t19-/m1/s1. The predicted molar refractivity (Wildman–Crippen MR) is 113 cm³/mol. The van der Waals surface area contributed by atoms with Gasteiger partial charge < -0.3 is 9.88 Å². The molecule has 0 radical (unpaired) electrons. The Balaban J connectivity index is 1.91. The lowest BCUT2D eigenvalue weighted by Crippen LogP contribution is -3.13. The Bertz CT molecular complexity index is 1060. The van der Waals surface area contributed by atoms with Gasteiger partial charge in [0, 0.05) is 5.52 Å². The van der Waals surface area contributed by atoms with Crippen molar-refractivity contribution in [1.82, 2.24) is 25.2 Å². The Kier molecular flexibility index (Phi) is 5.25. The number of hydrogen-bond donors (Lipinski definition) is 2. The van der Waals surface area contributed by atoms with Gasteiger partial charge >= 0.3 is 0 Å². The number of rotatable bonds is 5. The first-order valence-corrected chi connectivity index (χ1v) is 10.7. The summed E-state index contributed by atoms with van der Waals surface area (Å²) in [5, 5.41) is 13.9. The molecule has 0 amide bonds. The maximum Gasteiger partial charge on any atom is 0.258 e. The van der Waals surface area contributed by atoms with Crippen LogP contribution in [0.3, 0.4) is 0 Å². The molecule has 1 atom stereocenters. The smallest absolute Gasteiger partial charge is 0.258 e. The summed E-state index contributed by atoms with van der Waals surface area (Å²) in [4.78, 5) is 17.6. The molecule has 0 aliphatic carbocycles. The third kappa shape index (κ3) is 3.71. The second-order valence-electron chi connectivity index (χ2n) is 8.91. The number of aryl methyl sites for hydroxylation is 1. The molecule has 0 saturated carbocycles. The summed E-state index contributed by atoms with van der Waals surface area (Å²) in [5.41, 5.74) is 2.53. The molecule has 7 nitrogen and oxygen atoms in total. The Morgan fingerprint density at radius 3 is 2.69 bits per heavy atom. The number of H-pyrrole nitrogens is 1. The van der Waals surface area contributed by atoms with Gasteiger partial charge in [0.25, 0.3) is 5.56 Å². The fourth-order valence-corrected chi connectivity index (χ4v) is 4.35. The van der Waals surface area contributed by atoms with Gasteiger partial charge in [-0.15, -0.1) is 5.10 Å². The maximum absolute atomic E-state index is 13.2. The Hall–Kier alpha value is -2.54. The van der Waals surface area contributed by atoms with Crippen LogP contribution in [0.5, 0.6) is 0 Å². The van der Waals surface area contributed by atoms with Crippen LogP contribution in [-0.4, -0.2) is 38.3 Å². The summed E-state index contributed by atoms with van der Waals surface area (Å²) in [5.74, 6) is 0.784. The molecule has 2 N–H and O–H groups in total. The van der Waals surface area contributed by atoms with Crippen molar-refractivity contribution in [3.8, 4) is 0 Å². The fourth-order valence-electron chi connectivity index (χ4n) is 4.35. The molecule has 4 rings (SSSR count). The van der Waals surface area contributed by atoms with E-state index in [9.17, 15) is 4.79 Å². The normalized spacial score (nSPS) is 17.0. The van der Waals surface area contributed by atoms with Crippen molar-refractivity contribution in [2.45, 2.75) is 65.0 Å². The number of aromatic nitrogens is 5. The average molecular weight is 396 g/mol. The van der Waals surface area contributed by atoms with E-state index in [1.165, 1.54) is 16.9 Å². The van der Waals surface area contributed by atoms with Gasteiger partial charge in [0.2, 0.25) is 5.82 Å². The number of benzene rings is 1. The molecule has 29 heavy (non-hydrogen) atoms. The fraction of sp³-hybridized carbons (Fsp3) is 0.545. The van der Waals surface area contributed by atoms with Crippen molar-refractivity contribution in [3.05, 3.63) is 51.6 Å². The van der Waals surface area contributed by atoms with Gasteiger partial charge in [-0.3, -0.25) is 4.79 Å². The van der Waals surface area contributed by atoms with Gasteiger partial charge in [-0.2, -0.15) is 0 Å². The second kappa shape index (κ2) is 7.71. The van der Waals surface area contributed by atoms with Gasteiger partial charge in [-0.1, -0.05) is 18.6 Å². The molecule has 1 saturated heterocycles. The van der Waals surface area contributed by atoms with Crippen molar-refractivity contribution >= 4 is 10.9 Å². The van der Waals surface area contributed by atoms with Crippen LogP contribution in [0.25, 0.3) is 10.9 Å². The molecule has 1 fully saturated rings. The lowest BCUT2D eigenvalue weighted by atomic mass is 9.97. The zero-order valence-electron chi connectivity index (χ0n) is 17.8. The zero-order chi connectivity index (χ0) is 20.6. The predicted octanol–water partition coefficient (Wildman–Crippen LogP) is 2.13. The van der Waals surface area contributed by atoms with Gasteiger partial charge in [-0.05, 0) is 80.5 Å². The van der Waals surface area contributed by atoms with E-state index in [1.54, 1.807) is 0 Å². The van der Waals surface area contributed by atoms with Crippen LogP contribution in [0.4, 0.5) is 0 Å². The van der Waals surface area contributed by atoms with E-state index in [-0.39, 0.29) is 17.1 Å². The molecular weight excluding hydrogens is 364 g/mol. The number of fused-ring (bicyclic) bond motifs is 1. The van der Waals surface area contributed by atoms with E-state index in [2.05, 4.69) is 54.3 Å². The van der Waals surface area contributed by atoms with Crippen molar-refractivity contribution < 1.29 is 4.90 Å². The van der Waals surface area contributed by atoms with Crippen molar-refractivity contribution in [1.29, 1.82) is 0 Å².